The van der Waals surface area contributed by atoms with Crippen molar-refractivity contribution in [3.63, 3.8) is 0 Å². The average Bonchev–Trinajstić information content (AvgIpc) is 2.98. The molecule has 0 radical (unpaired) electrons. The van der Waals surface area contributed by atoms with Gasteiger partial charge in [0.1, 0.15) is 0 Å². The minimum Gasteiger partial charge on any atom is -0.317 e. The SMILES string of the molecule is CCNCC1CCCN(S(=O)(=O)NCCn2cccn2)C1. The number of nitrogens with zero attached hydrogens (tertiary/aromatic N) is 3. The second-order valence-electron chi connectivity index (χ2n) is 5.34. The first kappa shape index (κ1) is 16.4. The zero-order valence-corrected chi connectivity index (χ0v) is 13.3. The highest BCUT2D eigenvalue weighted by Crippen LogP contribution is 2.17. The van der Waals surface area contributed by atoms with Crippen LogP contribution in [0.15, 0.2) is 18.5 Å². The Morgan fingerprint density at radius 1 is 1.43 bits per heavy atom. The van der Waals surface area contributed by atoms with Crippen LogP contribution in [0.25, 0.3) is 0 Å². The van der Waals surface area contributed by atoms with Crippen molar-refractivity contribution in [3.8, 4) is 0 Å². The molecule has 2 rings (SSSR count). The van der Waals surface area contributed by atoms with Gasteiger partial charge in [-0.2, -0.15) is 17.8 Å². The lowest BCUT2D eigenvalue weighted by molar-refractivity contribution is 0.258. The van der Waals surface area contributed by atoms with Crippen LogP contribution in [0.1, 0.15) is 19.8 Å². The standard InChI is InChI=1S/C13H25N5O2S/c1-2-14-11-13-5-3-9-18(12-13)21(19,20)16-7-10-17-8-4-6-15-17/h4,6,8,13-14,16H,2-3,5,7,9-12H2,1H3. The molecule has 0 aromatic carbocycles. The van der Waals surface area contributed by atoms with E-state index in [1.54, 1.807) is 15.2 Å². The highest BCUT2D eigenvalue weighted by molar-refractivity contribution is 7.87. The molecule has 0 spiro atoms. The molecule has 0 aliphatic carbocycles. The fraction of sp³-hybridized carbons (Fsp3) is 0.769. The van der Waals surface area contributed by atoms with E-state index in [1.807, 2.05) is 12.3 Å². The van der Waals surface area contributed by atoms with E-state index in [0.717, 1.165) is 25.9 Å². The molecule has 7 nitrogen and oxygen atoms in total. The Morgan fingerprint density at radius 2 is 2.29 bits per heavy atom. The average molecular weight is 315 g/mol. The summed E-state index contributed by atoms with van der Waals surface area (Å²) >= 11 is 0. The molecule has 0 saturated carbocycles. The number of hydrogen-bond donors (Lipinski definition) is 2. The Kier molecular flexibility index (Phi) is 6.16. The summed E-state index contributed by atoms with van der Waals surface area (Å²) in [6.07, 6.45) is 5.52. The van der Waals surface area contributed by atoms with Gasteiger partial charge in [-0.1, -0.05) is 6.92 Å². The zero-order valence-electron chi connectivity index (χ0n) is 12.5. The van der Waals surface area contributed by atoms with E-state index in [2.05, 4.69) is 22.1 Å². The van der Waals surface area contributed by atoms with Crippen LogP contribution in [0.2, 0.25) is 0 Å². The van der Waals surface area contributed by atoms with Crippen molar-refractivity contribution in [1.82, 2.24) is 24.1 Å². The molecular weight excluding hydrogens is 290 g/mol. The molecule has 1 atom stereocenters. The van der Waals surface area contributed by atoms with Gasteiger partial charge in [0, 0.05) is 32.0 Å². The summed E-state index contributed by atoms with van der Waals surface area (Å²) in [6.45, 7) is 5.98. The quantitative estimate of drug-likeness (QED) is 0.710. The maximum Gasteiger partial charge on any atom is 0.279 e. The van der Waals surface area contributed by atoms with Crippen LogP contribution in [-0.2, 0) is 16.8 Å². The Morgan fingerprint density at radius 3 is 3.00 bits per heavy atom. The number of aromatic nitrogens is 2. The van der Waals surface area contributed by atoms with Gasteiger partial charge in [0.15, 0.2) is 0 Å². The normalized spacial score (nSPS) is 20.7. The lowest BCUT2D eigenvalue weighted by Gasteiger charge is -2.32. The molecule has 1 unspecified atom stereocenters. The maximum absolute atomic E-state index is 12.3. The molecule has 1 aromatic heterocycles. The molecule has 1 aromatic rings. The minimum absolute atomic E-state index is 0.360. The highest BCUT2D eigenvalue weighted by atomic mass is 32.2. The molecule has 0 amide bonds. The molecule has 8 heteroatoms. The van der Waals surface area contributed by atoms with E-state index in [0.29, 0.717) is 32.1 Å². The molecule has 0 bridgehead atoms. The molecule has 2 heterocycles. The number of nitrogens with one attached hydrogen (secondary N) is 2. The van der Waals surface area contributed by atoms with Crippen LogP contribution < -0.4 is 10.0 Å². The van der Waals surface area contributed by atoms with Gasteiger partial charge >= 0.3 is 0 Å². The Balaban J connectivity index is 1.80. The van der Waals surface area contributed by atoms with Crippen LogP contribution in [0.4, 0.5) is 0 Å². The first-order valence-electron chi connectivity index (χ1n) is 7.54. The molecule has 21 heavy (non-hydrogen) atoms. The summed E-state index contributed by atoms with van der Waals surface area (Å²) in [5.41, 5.74) is 0. The summed E-state index contributed by atoms with van der Waals surface area (Å²) in [7, 11) is -3.38. The van der Waals surface area contributed by atoms with Gasteiger partial charge in [-0.3, -0.25) is 4.68 Å². The summed E-state index contributed by atoms with van der Waals surface area (Å²) in [6, 6.07) is 1.82. The fourth-order valence-corrected chi connectivity index (χ4v) is 3.88. The lowest BCUT2D eigenvalue weighted by Crippen LogP contribution is -2.48. The fourth-order valence-electron chi connectivity index (χ4n) is 2.57. The van der Waals surface area contributed by atoms with Crippen LogP contribution in [0.3, 0.4) is 0 Å². The first-order valence-corrected chi connectivity index (χ1v) is 8.98. The van der Waals surface area contributed by atoms with Gasteiger partial charge in [-0.05, 0) is 37.9 Å². The minimum atomic E-state index is -3.38. The van der Waals surface area contributed by atoms with Crippen LogP contribution >= 0.6 is 0 Å². The maximum atomic E-state index is 12.3. The van der Waals surface area contributed by atoms with Crippen LogP contribution in [-0.4, -0.2) is 55.2 Å². The second-order valence-corrected chi connectivity index (χ2v) is 7.10. The van der Waals surface area contributed by atoms with E-state index in [1.165, 1.54) is 0 Å². The van der Waals surface area contributed by atoms with Gasteiger partial charge in [0.2, 0.25) is 0 Å². The topological polar surface area (TPSA) is 79.3 Å². The smallest absolute Gasteiger partial charge is 0.279 e. The molecule has 2 N–H and O–H groups in total. The van der Waals surface area contributed by atoms with E-state index in [4.69, 9.17) is 0 Å². The lowest BCUT2D eigenvalue weighted by atomic mass is 10.00. The predicted octanol–water partition coefficient (Wildman–Crippen LogP) is 0.0390. The van der Waals surface area contributed by atoms with Crippen molar-refractivity contribution >= 4 is 10.2 Å². The molecule has 120 valence electrons. The molecular formula is C13H25N5O2S. The van der Waals surface area contributed by atoms with Crippen LogP contribution in [0.5, 0.6) is 0 Å². The molecule has 1 aliphatic heterocycles. The third-order valence-corrected chi connectivity index (χ3v) is 5.27. The summed E-state index contributed by atoms with van der Waals surface area (Å²) in [4.78, 5) is 0. The predicted molar refractivity (Wildman–Crippen MR) is 82.0 cm³/mol. The van der Waals surface area contributed by atoms with E-state index >= 15 is 0 Å². The highest BCUT2D eigenvalue weighted by Gasteiger charge is 2.28. The van der Waals surface area contributed by atoms with Gasteiger partial charge in [-0.25, -0.2) is 4.72 Å². The van der Waals surface area contributed by atoms with Crippen molar-refractivity contribution in [1.29, 1.82) is 0 Å². The molecule has 1 aliphatic rings. The molecule has 1 fully saturated rings. The third kappa shape index (κ3) is 5.06. The first-order chi connectivity index (χ1) is 10.1. The van der Waals surface area contributed by atoms with Crippen molar-refractivity contribution in [2.45, 2.75) is 26.3 Å². The Bertz CT molecular complexity index is 503. The molecule has 1 saturated heterocycles. The number of rotatable bonds is 8. The van der Waals surface area contributed by atoms with Gasteiger partial charge in [-0.15, -0.1) is 0 Å². The van der Waals surface area contributed by atoms with Crippen molar-refractivity contribution in [3.05, 3.63) is 18.5 Å². The van der Waals surface area contributed by atoms with Crippen LogP contribution in [0, 0.1) is 5.92 Å². The number of hydrogen-bond acceptors (Lipinski definition) is 4. The van der Waals surface area contributed by atoms with Crippen molar-refractivity contribution in [2.24, 2.45) is 5.92 Å². The van der Waals surface area contributed by atoms with Gasteiger partial charge < -0.3 is 5.32 Å². The van der Waals surface area contributed by atoms with Gasteiger partial charge in [0.25, 0.3) is 10.2 Å². The largest absolute Gasteiger partial charge is 0.317 e. The second kappa shape index (κ2) is 7.88. The van der Waals surface area contributed by atoms with E-state index in [9.17, 15) is 8.42 Å². The summed E-state index contributed by atoms with van der Waals surface area (Å²) < 4.78 is 30.5. The monoisotopic (exact) mass is 315 g/mol. The third-order valence-electron chi connectivity index (χ3n) is 3.69. The Labute approximate surface area is 126 Å². The van der Waals surface area contributed by atoms with E-state index in [-0.39, 0.29) is 0 Å². The van der Waals surface area contributed by atoms with E-state index < -0.39 is 10.2 Å². The Hall–Kier alpha value is -0.960. The van der Waals surface area contributed by atoms with Crippen molar-refractivity contribution < 1.29 is 8.42 Å². The number of piperidine rings is 1. The van der Waals surface area contributed by atoms with Crippen molar-refractivity contribution in [2.75, 3.05) is 32.7 Å². The van der Waals surface area contributed by atoms with Gasteiger partial charge in [0.05, 0.1) is 6.54 Å². The zero-order chi connectivity index (χ0) is 15.1. The summed E-state index contributed by atoms with van der Waals surface area (Å²) in [5.74, 6) is 0.404. The summed E-state index contributed by atoms with van der Waals surface area (Å²) in [5, 5.41) is 7.35.